The topological polar surface area (TPSA) is 147 Å². The summed E-state index contributed by atoms with van der Waals surface area (Å²) < 4.78 is 11.7. The molecule has 1 saturated carbocycles. The normalized spacial score (nSPS) is 22.6. The number of fused-ring (bicyclic) bond motifs is 1. The minimum absolute atomic E-state index is 0.0415. The van der Waals surface area contributed by atoms with Crippen LogP contribution in [-0.4, -0.2) is 74.6 Å². The molecule has 1 aromatic heterocycles. The van der Waals surface area contributed by atoms with Gasteiger partial charge in [-0.1, -0.05) is 56.6 Å². The van der Waals surface area contributed by atoms with Crippen molar-refractivity contribution >= 4 is 51.9 Å². The smallest absolute Gasteiger partial charge is 0.338 e. The van der Waals surface area contributed by atoms with Crippen molar-refractivity contribution in [3.63, 3.8) is 0 Å². The van der Waals surface area contributed by atoms with E-state index in [1.54, 1.807) is 51.1 Å². The summed E-state index contributed by atoms with van der Waals surface area (Å²) >= 11 is 6.52. The van der Waals surface area contributed by atoms with Crippen LogP contribution in [0.3, 0.4) is 0 Å². The van der Waals surface area contributed by atoms with E-state index in [1.807, 2.05) is 45.0 Å². The van der Waals surface area contributed by atoms with Gasteiger partial charge in [0.2, 0.25) is 17.7 Å². The third kappa shape index (κ3) is 7.83. The number of para-hydroxylation sites is 1. The van der Waals surface area contributed by atoms with E-state index in [1.165, 1.54) is 11.0 Å². The van der Waals surface area contributed by atoms with Gasteiger partial charge in [0.05, 0.1) is 22.6 Å². The molecule has 1 aliphatic carbocycles. The van der Waals surface area contributed by atoms with Crippen LogP contribution in [0.2, 0.25) is 5.02 Å². The van der Waals surface area contributed by atoms with Crippen LogP contribution in [0.5, 0.6) is 5.88 Å². The number of carboxylic acid groups (broad SMARTS) is 1. The molecule has 5 atom stereocenters. The van der Waals surface area contributed by atoms with Crippen LogP contribution in [0, 0.1) is 11.3 Å². The first kappa shape index (κ1) is 35.7. The number of nitrogens with zero attached hydrogens (tertiary/aromatic N) is 2. The Balaban J connectivity index is 1.41. The van der Waals surface area contributed by atoms with Crippen LogP contribution in [0.25, 0.3) is 10.9 Å². The van der Waals surface area contributed by atoms with E-state index in [9.17, 15) is 24.3 Å². The van der Waals surface area contributed by atoms with E-state index in [2.05, 4.69) is 22.2 Å². The lowest BCUT2D eigenvalue weighted by molar-refractivity contribution is -0.145. The second kappa shape index (κ2) is 13.3. The summed E-state index contributed by atoms with van der Waals surface area (Å²) in [6.45, 7) is 14.8. The number of rotatable bonds is 10. The summed E-state index contributed by atoms with van der Waals surface area (Å²) in [5.41, 5.74) is -1.18. The zero-order valence-corrected chi connectivity index (χ0v) is 29.3. The fourth-order valence-electron chi connectivity index (χ4n) is 6.06. The number of ether oxygens (including phenoxy) is 2. The first-order valence-corrected chi connectivity index (χ1v) is 16.6. The number of amides is 2. The second-order valence-corrected chi connectivity index (χ2v) is 15.2. The molecule has 5 rings (SSSR count). The summed E-state index contributed by atoms with van der Waals surface area (Å²) in [6, 6.07) is 13.7. The number of carboxylic acids is 1. The molecule has 2 fully saturated rings. The Morgan fingerprint density at radius 2 is 1.76 bits per heavy atom. The molecule has 3 N–H and O–H groups in total. The van der Waals surface area contributed by atoms with Gasteiger partial charge >= 0.3 is 11.9 Å². The molecule has 0 radical (unpaired) electrons. The highest BCUT2D eigenvalue weighted by atomic mass is 35.5. The summed E-state index contributed by atoms with van der Waals surface area (Å²) in [4.78, 5) is 59.2. The number of halogens is 1. The van der Waals surface area contributed by atoms with Gasteiger partial charge in [-0.05, 0) is 62.9 Å². The molecule has 1 unspecified atom stereocenters. The van der Waals surface area contributed by atoms with E-state index in [4.69, 9.17) is 21.1 Å². The van der Waals surface area contributed by atoms with Crippen molar-refractivity contribution < 1.29 is 33.8 Å². The largest absolute Gasteiger partial charge is 0.479 e. The van der Waals surface area contributed by atoms with Gasteiger partial charge in [-0.15, -0.1) is 6.58 Å². The maximum absolute atomic E-state index is 14.5. The van der Waals surface area contributed by atoms with E-state index in [-0.39, 0.29) is 31.2 Å². The zero-order valence-electron chi connectivity index (χ0n) is 28.6. The molecular weight excluding hydrogens is 648 g/mol. The number of benzene rings is 2. The Bertz CT molecular complexity index is 1780. The van der Waals surface area contributed by atoms with E-state index in [0.29, 0.717) is 21.8 Å². The number of carbonyl (C=O) groups is 4. The van der Waals surface area contributed by atoms with Gasteiger partial charge in [-0.2, -0.15) is 0 Å². The molecule has 0 bridgehead atoms. The third-order valence-corrected chi connectivity index (χ3v) is 9.06. The summed E-state index contributed by atoms with van der Waals surface area (Å²) in [7, 11) is 0. The standard InChI is InChI=1S/C37H43ClN4O7/c1-8-22-19-37(22,34(46)47)41-31(43)28-17-24(48-29-18-26(38)25-11-9-10-12-27(25)40-29)20-42(28)32(44)30(35(2,3)4)39-23-15-13-21(14-16-23)33(45)49-36(5,6)7/h8-16,18,22,24,28,30,39H,1,17,19-20H2,2-7H3,(H,41,43)(H,46,47)/t22-,24+,28-,30+,37?/m0/s1. The molecule has 1 saturated heterocycles. The van der Waals surface area contributed by atoms with Gasteiger partial charge in [-0.3, -0.25) is 9.59 Å². The van der Waals surface area contributed by atoms with Crippen LogP contribution in [0.4, 0.5) is 5.69 Å². The van der Waals surface area contributed by atoms with E-state index in [0.717, 1.165) is 5.39 Å². The maximum atomic E-state index is 14.5. The summed E-state index contributed by atoms with van der Waals surface area (Å²) in [5.74, 6) is -2.77. The zero-order chi connectivity index (χ0) is 35.9. The third-order valence-electron chi connectivity index (χ3n) is 8.75. The number of pyridine rings is 1. The van der Waals surface area contributed by atoms with Crippen LogP contribution in [-0.2, 0) is 19.1 Å². The number of nitrogens with one attached hydrogen (secondary N) is 2. The van der Waals surface area contributed by atoms with Crippen molar-refractivity contribution in [2.45, 2.75) is 83.7 Å². The predicted octanol–water partition coefficient (Wildman–Crippen LogP) is 5.86. The lowest BCUT2D eigenvalue weighted by Gasteiger charge is -2.36. The van der Waals surface area contributed by atoms with Crippen molar-refractivity contribution in [1.29, 1.82) is 0 Å². The van der Waals surface area contributed by atoms with Crippen LogP contribution in [0.1, 0.15) is 64.7 Å². The number of anilines is 1. The fraction of sp³-hybridized carbons (Fsp3) is 0.432. The molecule has 49 heavy (non-hydrogen) atoms. The van der Waals surface area contributed by atoms with Crippen molar-refractivity contribution in [1.82, 2.24) is 15.2 Å². The highest BCUT2D eigenvalue weighted by Crippen LogP contribution is 2.45. The van der Waals surface area contributed by atoms with E-state index < -0.39 is 58.5 Å². The molecule has 2 aliphatic rings. The molecule has 2 heterocycles. The Hall–Kier alpha value is -4.64. The second-order valence-electron chi connectivity index (χ2n) is 14.8. The average Bonchev–Trinajstić information content (AvgIpc) is 3.58. The maximum Gasteiger partial charge on any atom is 0.338 e. The van der Waals surface area contributed by atoms with E-state index >= 15 is 0 Å². The van der Waals surface area contributed by atoms with Crippen LogP contribution < -0.4 is 15.4 Å². The Labute approximate surface area is 291 Å². The molecular formula is C37H43ClN4O7. The van der Waals surface area contributed by atoms with Gasteiger partial charge in [0, 0.05) is 29.5 Å². The number of hydrogen-bond donors (Lipinski definition) is 3. The minimum Gasteiger partial charge on any atom is -0.479 e. The fourth-order valence-corrected chi connectivity index (χ4v) is 6.31. The monoisotopic (exact) mass is 690 g/mol. The first-order valence-electron chi connectivity index (χ1n) is 16.2. The number of likely N-dealkylation sites (tertiary alicyclic amines) is 1. The quantitative estimate of drug-likeness (QED) is 0.176. The van der Waals surface area contributed by atoms with Crippen molar-refractivity contribution in [2.75, 3.05) is 11.9 Å². The van der Waals surface area contributed by atoms with Crippen molar-refractivity contribution in [2.24, 2.45) is 11.3 Å². The summed E-state index contributed by atoms with van der Waals surface area (Å²) in [5, 5.41) is 17.2. The van der Waals surface area contributed by atoms with Crippen molar-refractivity contribution in [3.8, 4) is 5.88 Å². The Kier molecular flexibility index (Phi) is 9.71. The molecule has 1 aliphatic heterocycles. The summed E-state index contributed by atoms with van der Waals surface area (Å²) in [6.07, 6.45) is 1.18. The number of esters is 1. The van der Waals surface area contributed by atoms with Gasteiger partial charge in [-0.25, -0.2) is 14.6 Å². The molecule has 260 valence electrons. The molecule has 2 amide bonds. The number of aliphatic carboxylic acids is 1. The van der Waals surface area contributed by atoms with Gasteiger partial charge < -0.3 is 30.1 Å². The minimum atomic E-state index is -1.47. The molecule has 3 aromatic rings. The number of carbonyl (C=O) groups excluding carboxylic acids is 3. The number of aromatic nitrogens is 1. The van der Waals surface area contributed by atoms with Gasteiger partial charge in [0.15, 0.2) is 0 Å². The highest BCUT2D eigenvalue weighted by molar-refractivity contribution is 6.35. The van der Waals surface area contributed by atoms with Gasteiger partial charge in [0.25, 0.3) is 0 Å². The SMILES string of the molecule is C=C[C@H]1CC1(NC(=O)[C@@H]1C[C@@H](Oc2cc(Cl)c3ccccc3n2)CN1C(=O)[C@@H](Nc1ccc(C(=O)OC(C)(C)C)cc1)C(C)(C)C)C(=O)O. The number of hydrogen-bond acceptors (Lipinski definition) is 8. The highest BCUT2D eigenvalue weighted by Gasteiger charge is 2.61. The lowest BCUT2D eigenvalue weighted by Crippen LogP contribution is -2.56. The molecule has 11 nitrogen and oxygen atoms in total. The van der Waals surface area contributed by atoms with Gasteiger partial charge in [0.1, 0.15) is 29.3 Å². The Morgan fingerprint density at radius 1 is 1.08 bits per heavy atom. The lowest BCUT2D eigenvalue weighted by atomic mass is 9.85. The Morgan fingerprint density at radius 3 is 2.35 bits per heavy atom. The van der Waals surface area contributed by atoms with Crippen LogP contribution >= 0.6 is 11.6 Å². The average molecular weight is 691 g/mol. The molecule has 0 spiro atoms. The van der Waals surface area contributed by atoms with Crippen molar-refractivity contribution in [3.05, 3.63) is 77.8 Å². The predicted molar refractivity (Wildman–Crippen MR) is 187 cm³/mol. The van der Waals surface area contributed by atoms with Crippen LogP contribution in [0.15, 0.2) is 67.3 Å². The molecule has 2 aromatic carbocycles. The first-order chi connectivity index (χ1) is 22.9. The molecule has 12 heteroatoms.